The molecular formula is C9H6N4O4. The number of benzene rings is 1. The first kappa shape index (κ1) is 10.7. The Hall–Kier alpha value is -2.77. The highest BCUT2D eigenvalue weighted by atomic mass is 16.6. The first-order valence-electron chi connectivity index (χ1n) is 4.48. The van der Waals surface area contributed by atoms with Crippen LogP contribution in [-0.2, 0) is 0 Å². The number of hydrogen-bond donors (Lipinski definition) is 1. The average molecular weight is 234 g/mol. The Morgan fingerprint density at radius 3 is 2.53 bits per heavy atom. The molecule has 0 saturated heterocycles. The zero-order valence-electron chi connectivity index (χ0n) is 8.35. The molecule has 8 heteroatoms. The minimum Gasteiger partial charge on any atom is -0.477 e. The highest BCUT2D eigenvalue weighted by molar-refractivity contribution is 5.96. The van der Waals surface area contributed by atoms with Gasteiger partial charge in [0, 0.05) is 6.07 Å². The smallest absolute Gasteiger partial charge is 0.345 e. The maximum absolute atomic E-state index is 11.1. The zero-order valence-corrected chi connectivity index (χ0v) is 8.35. The Morgan fingerprint density at radius 2 is 2.00 bits per heavy atom. The second-order valence-electron chi connectivity index (χ2n) is 3.05. The van der Waals surface area contributed by atoms with Crippen molar-refractivity contribution in [1.82, 2.24) is 15.0 Å². The molecule has 8 nitrogen and oxygen atoms in total. The molecule has 0 radical (unpaired) electrons. The lowest BCUT2D eigenvalue weighted by atomic mass is 10.1. The summed E-state index contributed by atoms with van der Waals surface area (Å²) in [6.07, 6.45) is 2.70. The second kappa shape index (κ2) is 4.00. The number of carbonyl (C=O) groups is 1. The van der Waals surface area contributed by atoms with Crippen LogP contribution < -0.4 is 0 Å². The summed E-state index contributed by atoms with van der Waals surface area (Å²) in [5.41, 5.74) is -0.877. The van der Waals surface area contributed by atoms with E-state index in [2.05, 4.69) is 10.2 Å². The highest BCUT2D eigenvalue weighted by Gasteiger charge is 2.25. The van der Waals surface area contributed by atoms with Crippen molar-refractivity contribution in [3.05, 3.63) is 46.3 Å². The Balaban J connectivity index is 2.72. The van der Waals surface area contributed by atoms with E-state index in [1.54, 1.807) is 0 Å². The molecule has 0 aliphatic rings. The number of nitro groups is 1. The van der Waals surface area contributed by atoms with Gasteiger partial charge in [-0.3, -0.25) is 10.1 Å². The number of aromatic carboxylic acids is 1. The molecule has 17 heavy (non-hydrogen) atoms. The molecule has 1 aromatic carbocycles. The van der Waals surface area contributed by atoms with E-state index in [9.17, 15) is 14.9 Å². The van der Waals surface area contributed by atoms with Crippen LogP contribution in [0.25, 0.3) is 5.69 Å². The molecule has 1 heterocycles. The van der Waals surface area contributed by atoms with Crippen molar-refractivity contribution in [2.24, 2.45) is 0 Å². The van der Waals surface area contributed by atoms with Gasteiger partial charge in [-0.1, -0.05) is 6.07 Å². The maximum Gasteiger partial charge on any atom is 0.345 e. The first-order valence-corrected chi connectivity index (χ1v) is 4.48. The minimum atomic E-state index is -1.40. The van der Waals surface area contributed by atoms with Crippen LogP contribution in [0.4, 0.5) is 5.69 Å². The van der Waals surface area contributed by atoms with E-state index < -0.39 is 22.1 Å². The van der Waals surface area contributed by atoms with Crippen LogP contribution in [0.2, 0.25) is 0 Å². The van der Waals surface area contributed by atoms with Gasteiger partial charge in [0.1, 0.15) is 5.69 Å². The number of nitrogens with zero attached hydrogens (tertiary/aromatic N) is 4. The van der Waals surface area contributed by atoms with Crippen LogP contribution in [0.3, 0.4) is 0 Å². The van der Waals surface area contributed by atoms with Gasteiger partial charge in [0.25, 0.3) is 5.69 Å². The average Bonchev–Trinajstić information content (AvgIpc) is 2.81. The molecule has 0 saturated carbocycles. The van der Waals surface area contributed by atoms with E-state index in [1.165, 1.54) is 24.5 Å². The Bertz CT molecular complexity index is 579. The van der Waals surface area contributed by atoms with Crippen molar-refractivity contribution in [2.45, 2.75) is 0 Å². The van der Waals surface area contributed by atoms with Crippen LogP contribution in [0.15, 0.2) is 30.6 Å². The van der Waals surface area contributed by atoms with Gasteiger partial charge in [-0.2, -0.15) is 15.0 Å². The number of hydrogen-bond acceptors (Lipinski definition) is 5. The predicted molar refractivity (Wildman–Crippen MR) is 55.0 cm³/mol. The summed E-state index contributed by atoms with van der Waals surface area (Å²) in [6, 6.07) is 3.90. The van der Waals surface area contributed by atoms with Crippen molar-refractivity contribution >= 4 is 11.7 Å². The van der Waals surface area contributed by atoms with Crippen LogP contribution in [0, 0.1) is 10.1 Å². The normalized spacial score (nSPS) is 10.1. The number of carboxylic acids is 1. The van der Waals surface area contributed by atoms with Gasteiger partial charge in [-0.05, 0) is 6.07 Å². The standard InChI is InChI=1S/C9H6N4O4/c14-9(15)8-6(12-10-4-5-11-12)2-1-3-7(8)13(16)17/h1-5H,(H,14,15). The molecule has 0 amide bonds. The van der Waals surface area contributed by atoms with Crippen molar-refractivity contribution in [1.29, 1.82) is 0 Å². The molecule has 0 aliphatic carbocycles. The molecule has 0 aliphatic heterocycles. The number of rotatable bonds is 3. The second-order valence-corrected chi connectivity index (χ2v) is 3.05. The van der Waals surface area contributed by atoms with Gasteiger partial charge < -0.3 is 5.11 Å². The van der Waals surface area contributed by atoms with Crippen molar-refractivity contribution in [3.8, 4) is 5.69 Å². The third kappa shape index (κ3) is 1.83. The molecule has 2 rings (SSSR count). The largest absolute Gasteiger partial charge is 0.477 e. The molecule has 0 bridgehead atoms. The van der Waals surface area contributed by atoms with Gasteiger partial charge in [-0.25, -0.2) is 4.79 Å². The molecule has 86 valence electrons. The highest BCUT2D eigenvalue weighted by Crippen LogP contribution is 2.24. The zero-order chi connectivity index (χ0) is 12.4. The third-order valence-corrected chi connectivity index (χ3v) is 2.07. The van der Waals surface area contributed by atoms with Crippen LogP contribution in [-0.4, -0.2) is 31.0 Å². The lowest BCUT2D eigenvalue weighted by Crippen LogP contribution is -2.10. The van der Waals surface area contributed by atoms with E-state index in [1.807, 2.05) is 0 Å². The third-order valence-electron chi connectivity index (χ3n) is 2.07. The van der Waals surface area contributed by atoms with Gasteiger partial charge in [-0.15, -0.1) is 0 Å². The minimum absolute atomic E-state index is 0.0525. The van der Waals surface area contributed by atoms with Crippen molar-refractivity contribution < 1.29 is 14.8 Å². The molecular weight excluding hydrogens is 228 g/mol. The van der Waals surface area contributed by atoms with E-state index in [0.29, 0.717) is 0 Å². The lowest BCUT2D eigenvalue weighted by molar-refractivity contribution is -0.385. The summed E-state index contributed by atoms with van der Waals surface area (Å²) in [5, 5.41) is 27.3. The fraction of sp³-hybridized carbons (Fsp3) is 0. The van der Waals surface area contributed by atoms with Gasteiger partial charge in [0.05, 0.1) is 17.3 Å². The fourth-order valence-electron chi connectivity index (χ4n) is 1.41. The van der Waals surface area contributed by atoms with E-state index in [4.69, 9.17) is 5.11 Å². The summed E-state index contributed by atoms with van der Waals surface area (Å²) in [6.45, 7) is 0. The van der Waals surface area contributed by atoms with Gasteiger partial charge in [0.2, 0.25) is 0 Å². The van der Waals surface area contributed by atoms with Crippen LogP contribution in [0.5, 0.6) is 0 Å². The van der Waals surface area contributed by atoms with E-state index >= 15 is 0 Å². The quantitative estimate of drug-likeness (QED) is 0.623. The Morgan fingerprint density at radius 1 is 1.35 bits per heavy atom. The molecule has 0 fully saturated rings. The summed E-state index contributed by atoms with van der Waals surface area (Å²) in [4.78, 5) is 22.1. The summed E-state index contributed by atoms with van der Waals surface area (Å²) >= 11 is 0. The topological polar surface area (TPSA) is 111 Å². The lowest BCUT2D eigenvalue weighted by Gasteiger charge is -2.04. The first-order chi connectivity index (χ1) is 8.11. The molecule has 2 aromatic rings. The fourth-order valence-corrected chi connectivity index (χ4v) is 1.41. The van der Waals surface area contributed by atoms with Crippen molar-refractivity contribution in [3.63, 3.8) is 0 Å². The molecule has 1 aromatic heterocycles. The summed E-state index contributed by atoms with van der Waals surface area (Å²) in [5.74, 6) is -1.40. The van der Waals surface area contributed by atoms with Crippen LogP contribution >= 0.6 is 0 Å². The molecule has 1 N–H and O–H groups in total. The van der Waals surface area contributed by atoms with E-state index in [0.717, 1.165) is 10.9 Å². The van der Waals surface area contributed by atoms with Gasteiger partial charge in [0.15, 0.2) is 5.56 Å². The monoisotopic (exact) mass is 234 g/mol. The molecule has 0 spiro atoms. The molecule has 0 unspecified atom stereocenters. The van der Waals surface area contributed by atoms with Crippen LogP contribution in [0.1, 0.15) is 10.4 Å². The summed E-state index contributed by atoms with van der Waals surface area (Å²) in [7, 11) is 0. The van der Waals surface area contributed by atoms with Gasteiger partial charge >= 0.3 is 5.97 Å². The van der Waals surface area contributed by atoms with E-state index in [-0.39, 0.29) is 5.69 Å². The number of aromatic nitrogens is 3. The number of carboxylic acid groups (broad SMARTS) is 1. The predicted octanol–water partition coefficient (Wildman–Crippen LogP) is 0.874. The maximum atomic E-state index is 11.1. The summed E-state index contributed by atoms with van der Waals surface area (Å²) < 4.78 is 0. The SMILES string of the molecule is O=C(O)c1c(-n2nccn2)cccc1[N+](=O)[O-]. The van der Waals surface area contributed by atoms with Crippen molar-refractivity contribution in [2.75, 3.05) is 0 Å². The Kier molecular flexibility index (Phi) is 2.53. The Labute approximate surface area is 94.3 Å². The number of nitro benzene ring substituents is 1. The molecule has 0 atom stereocenters.